The van der Waals surface area contributed by atoms with Crippen molar-refractivity contribution >= 4 is 17.5 Å². The number of aryl methyl sites for hydroxylation is 1. The van der Waals surface area contributed by atoms with E-state index in [1.165, 1.54) is 24.1 Å². The Balaban J connectivity index is 2.35. The first-order chi connectivity index (χ1) is 9.95. The Hall–Kier alpha value is -2.11. The van der Waals surface area contributed by atoms with Gasteiger partial charge in [-0.2, -0.15) is 0 Å². The van der Waals surface area contributed by atoms with Gasteiger partial charge in [-0.25, -0.2) is 4.39 Å². The van der Waals surface area contributed by atoms with Crippen molar-refractivity contribution in [2.24, 2.45) is 0 Å². The van der Waals surface area contributed by atoms with E-state index in [0.717, 1.165) is 12.8 Å². The van der Waals surface area contributed by atoms with E-state index in [0.29, 0.717) is 24.2 Å². The molecule has 1 atom stereocenters. The number of halogens is 1. The summed E-state index contributed by atoms with van der Waals surface area (Å²) >= 11 is 0. The summed E-state index contributed by atoms with van der Waals surface area (Å²) in [7, 11) is 1.53. The number of carbonyl (C=O) groups excluding carboxylic acids is 2. The van der Waals surface area contributed by atoms with E-state index >= 15 is 0 Å². The van der Waals surface area contributed by atoms with Gasteiger partial charge in [0.25, 0.3) is 5.91 Å². The summed E-state index contributed by atoms with van der Waals surface area (Å²) in [5.41, 5.74) is 6.30. The number of benzene rings is 1. The van der Waals surface area contributed by atoms with Crippen molar-refractivity contribution in [2.45, 2.75) is 32.2 Å². The van der Waals surface area contributed by atoms with Gasteiger partial charge in [-0.1, -0.05) is 0 Å². The third-order valence-electron chi connectivity index (χ3n) is 3.82. The molecule has 21 heavy (non-hydrogen) atoms. The van der Waals surface area contributed by atoms with Gasteiger partial charge in [0.1, 0.15) is 11.9 Å². The lowest BCUT2D eigenvalue weighted by Gasteiger charge is -2.34. The van der Waals surface area contributed by atoms with Crippen molar-refractivity contribution in [1.82, 2.24) is 10.2 Å². The normalized spacial score (nSPS) is 18.4. The molecule has 1 unspecified atom stereocenters. The van der Waals surface area contributed by atoms with Gasteiger partial charge < -0.3 is 16.0 Å². The maximum Gasteiger partial charge on any atom is 0.257 e. The quantitative estimate of drug-likeness (QED) is 0.811. The second kappa shape index (κ2) is 6.11. The smallest absolute Gasteiger partial charge is 0.257 e. The molecule has 114 valence electrons. The van der Waals surface area contributed by atoms with Crippen LogP contribution in [0, 0.1) is 12.7 Å². The van der Waals surface area contributed by atoms with E-state index < -0.39 is 17.8 Å². The summed E-state index contributed by atoms with van der Waals surface area (Å²) in [4.78, 5) is 26.0. The zero-order chi connectivity index (χ0) is 15.6. The molecular weight excluding hydrogens is 273 g/mol. The van der Waals surface area contributed by atoms with Crippen molar-refractivity contribution in [3.05, 3.63) is 29.1 Å². The monoisotopic (exact) mass is 293 g/mol. The molecule has 1 saturated heterocycles. The predicted octanol–water partition coefficient (Wildman–Crippen LogP) is 1.46. The maximum atomic E-state index is 14.2. The number of piperidine rings is 1. The largest absolute Gasteiger partial charge is 0.399 e. The summed E-state index contributed by atoms with van der Waals surface area (Å²) in [6, 6.07) is 2.27. The molecule has 1 aromatic rings. The number of amides is 2. The molecule has 0 saturated carbocycles. The molecule has 1 aromatic carbocycles. The SMILES string of the molecule is CNC(=O)C1CCCCN1C(=O)c1cc(N)cc(C)c1F. The molecular formula is C15H20FN3O2. The minimum atomic E-state index is -0.574. The van der Waals surface area contributed by atoms with Crippen LogP contribution in [0.5, 0.6) is 0 Å². The lowest BCUT2D eigenvalue weighted by molar-refractivity contribution is -0.126. The highest BCUT2D eigenvalue weighted by molar-refractivity contribution is 5.98. The van der Waals surface area contributed by atoms with E-state index in [1.807, 2.05) is 0 Å². The average molecular weight is 293 g/mol. The third-order valence-corrected chi connectivity index (χ3v) is 3.82. The predicted molar refractivity (Wildman–Crippen MR) is 78.3 cm³/mol. The van der Waals surface area contributed by atoms with Crippen LogP contribution in [-0.2, 0) is 4.79 Å². The van der Waals surface area contributed by atoms with Crippen LogP contribution in [0.15, 0.2) is 12.1 Å². The summed E-state index contributed by atoms with van der Waals surface area (Å²) in [5, 5.41) is 2.56. The fraction of sp³-hybridized carbons (Fsp3) is 0.467. The molecule has 0 aliphatic carbocycles. The molecule has 0 radical (unpaired) electrons. The van der Waals surface area contributed by atoms with Crippen LogP contribution in [0.4, 0.5) is 10.1 Å². The average Bonchev–Trinajstić information content (AvgIpc) is 2.49. The van der Waals surface area contributed by atoms with E-state index in [1.54, 1.807) is 6.92 Å². The van der Waals surface area contributed by atoms with Crippen molar-refractivity contribution in [2.75, 3.05) is 19.3 Å². The number of nitrogen functional groups attached to an aromatic ring is 1. The highest BCUT2D eigenvalue weighted by Crippen LogP contribution is 2.24. The molecule has 0 bridgehead atoms. The Kier molecular flexibility index (Phi) is 4.45. The number of hydrogen-bond acceptors (Lipinski definition) is 3. The van der Waals surface area contributed by atoms with Gasteiger partial charge in [0, 0.05) is 19.3 Å². The molecule has 0 spiro atoms. The first-order valence-corrected chi connectivity index (χ1v) is 7.04. The molecule has 1 heterocycles. The minimum absolute atomic E-state index is 0.0664. The van der Waals surface area contributed by atoms with Crippen LogP contribution in [0.2, 0.25) is 0 Å². The van der Waals surface area contributed by atoms with Crippen LogP contribution >= 0.6 is 0 Å². The Morgan fingerprint density at radius 3 is 2.76 bits per heavy atom. The van der Waals surface area contributed by atoms with E-state index in [-0.39, 0.29) is 11.5 Å². The Labute approximate surface area is 123 Å². The number of hydrogen-bond donors (Lipinski definition) is 2. The molecule has 2 rings (SSSR count). The zero-order valence-electron chi connectivity index (χ0n) is 12.3. The molecule has 1 fully saturated rings. The Bertz CT molecular complexity index is 574. The van der Waals surface area contributed by atoms with E-state index in [9.17, 15) is 14.0 Å². The lowest BCUT2D eigenvalue weighted by Crippen LogP contribution is -2.51. The first-order valence-electron chi connectivity index (χ1n) is 7.04. The van der Waals surface area contributed by atoms with E-state index in [2.05, 4.69) is 5.32 Å². The topological polar surface area (TPSA) is 75.4 Å². The third kappa shape index (κ3) is 2.99. The van der Waals surface area contributed by atoms with Gasteiger partial charge in [0.05, 0.1) is 5.56 Å². The summed E-state index contributed by atoms with van der Waals surface area (Å²) in [5.74, 6) is -1.27. The molecule has 6 heteroatoms. The van der Waals surface area contributed by atoms with Crippen molar-refractivity contribution < 1.29 is 14.0 Å². The number of nitrogens with one attached hydrogen (secondary N) is 1. The fourth-order valence-corrected chi connectivity index (χ4v) is 2.72. The minimum Gasteiger partial charge on any atom is -0.399 e. The summed E-state index contributed by atoms with van der Waals surface area (Å²) in [6.07, 6.45) is 2.27. The molecule has 0 aromatic heterocycles. The number of nitrogens with two attached hydrogens (primary N) is 1. The molecule has 3 N–H and O–H groups in total. The molecule has 1 aliphatic heterocycles. The van der Waals surface area contributed by atoms with Crippen molar-refractivity contribution in [1.29, 1.82) is 0 Å². The van der Waals surface area contributed by atoms with Gasteiger partial charge in [-0.15, -0.1) is 0 Å². The first kappa shape index (κ1) is 15.3. The van der Waals surface area contributed by atoms with Gasteiger partial charge in [-0.3, -0.25) is 9.59 Å². The van der Waals surface area contributed by atoms with Crippen molar-refractivity contribution in [3.8, 4) is 0 Å². The number of carbonyl (C=O) groups is 2. The number of likely N-dealkylation sites (N-methyl/N-ethyl adjacent to an activating group) is 1. The highest BCUT2D eigenvalue weighted by atomic mass is 19.1. The maximum absolute atomic E-state index is 14.2. The second-order valence-corrected chi connectivity index (χ2v) is 5.32. The van der Waals surface area contributed by atoms with Gasteiger partial charge in [0.2, 0.25) is 5.91 Å². The number of likely N-dealkylation sites (tertiary alicyclic amines) is 1. The second-order valence-electron chi connectivity index (χ2n) is 5.32. The van der Waals surface area contributed by atoms with E-state index in [4.69, 9.17) is 5.73 Å². The number of rotatable bonds is 2. The summed E-state index contributed by atoms with van der Waals surface area (Å²) < 4.78 is 14.2. The lowest BCUT2D eigenvalue weighted by atomic mass is 9.99. The number of nitrogens with zero attached hydrogens (tertiary/aromatic N) is 1. The van der Waals surface area contributed by atoms with Crippen LogP contribution in [-0.4, -0.2) is 36.3 Å². The van der Waals surface area contributed by atoms with Crippen LogP contribution in [0.3, 0.4) is 0 Å². The Morgan fingerprint density at radius 1 is 1.38 bits per heavy atom. The molecule has 2 amide bonds. The number of anilines is 1. The standard InChI is InChI=1S/C15H20FN3O2/c1-9-7-10(17)8-11(13(9)16)15(21)19-6-4-3-5-12(19)14(20)18-2/h7-8,12H,3-6,17H2,1-2H3,(H,18,20). The van der Waals surface area contributed by atoms with Gasteiger partial charge >= 0.3 is 0 Å². The highest BCUT2D eigenvalue weighted by Gasteiger charge is 2.33. The fourth-order valence-electron chi connectivity index (χ4n) is 2.72. The van der Waals surface area contributed by atoms with Gasteiger partial charge in [-0.05, 0) is 43.9 Å². The van der Waals surface area contributed by atoms with Crippen molar-refractivity contribution in [3.63, 3.8) is 0 Å². The van der Waals surface area contributed by atoms with Crippen LogP contribution < -0.4 is 11.1 Å². The van der Waals surface area contributed by atoms with Crippen LogP contribution in [0.25, 0.3) is 0 Å². The molecule has 1 aliphatic rings. The van der Waals surface area contributed by atoms with Gasteiger partial charge in [0.15, 0.2) is 0 Å². The Morgan fingerprint density at radius 2 is 2.10 bits per heavy atom. The van der Waals surface area contributed by atoms with Crippen LogP contribution in [0.1, 0.15) is 35.2 Å². The zero-order valence-corrected chi connectivity index (χ0v) is 12.3. The summed E-state index contributed by atoms with van der Waals surface area (Å²) in [6.45, 7) is 2.01. The molecule has 5 nitrogen and oxygen atoms in total.